The predicted octanol–water partition coefficient (Wildman–Crippen LogP) is 3.71. The normalized spacial score (nSPS) is 11.1. The Labute approximate surface area is 127 Å². The van der Waals surface area contributed by atoms with Gasteiger partial charge in [0, 0.05) is 19.2 Å². The minimum absolute atomic E-state index is 0.166. The van der Waals surface area contributed by atoms with Crippen molar-refractivity contribution in [3.63, 3.8) is 0 Å². The van der Waals surface area contributed by atoms with Gasteiger partial charge in [-0.05, 0) is 30.3 Å². The Hall–Kier alpha value is -2.04. The molecule has 0 unspecified atom stereocenters. The molecule has 4 nitrogen and oxygen atoms in total. The lowest BCUT2D eigenvalue weighted by Gasteiger charge is -2.10. The monoisotopic (exact) mass is 302 g/mol. The summed E-state index contributed by atoms with van der Waals surface area (Å²) in [5, 5.41) is 10.3. The maximum absolute atomic E-state index is 9.72. The zero-order chi connectivity index (χ0) is 14.8. The van der Waals surface area contributed by atoms with E-state index in [-0.39, 0.29) is 5.75 Å². The van der Waals surface area contributed by atoms with Crippen LogP contribution in [0.25, 0.3) is 22.4 Å². The summed E-state index contributed by atoms with van der Waals surface area (Å²) in [6, 6.07) is 12.8. The number of rotatable bonds is 4. The van der Waals surface area contributed by atoms with E-state index in [0.717, 1.165) is 16.9 Å². The Balaban J connectivity index is 2.23. The second-order valence-electron chi connectivity index (χ2n) is 4.73. The van der Waals surface area contributed by atoms with Crippen molar-refractivity contribution >= 4 is 22.6 Å². The molecule has 0 aliphatic rings. The Morgan fingerprint density at radius 3 is 2.86 bits per heavy atom. The summed E-state index contributed by atoms with van der Waals surface area (Å²) in [6.07, 6.45) is 0. The van der Waals surface area contributed by atoms with Crippen LogP contribution in [0.1, 0.15) is 0 Å². The highest BCUT2D eigenvalue weighted by atomic mass is 35.5. The number of aromatic hydroxyl groups is 1. The fraction of sp³-hybridized carbons (Fsp3) is 0.188. The summed E-state index contributed by atoms with van der Waals surface area (Å²) in [5.41, 5.74) is 2.62. The number of aromatic nitrogens is 2. The number of halogens is 1. The molecule has 2 aromatic carbocycles. The summed E-state index contributed by atoms with van der Waals surface area (Å²) in [7, 11) is 1.67. The van der Waals surface area contributed by atoms with E-state index >= 15 is 0 Å². The van der Waals surface area contributed by atoms with Crippen LogP contribution < -0.4 is 0 Å². The summed E-state index contributed by atoms with van der Waals surface area (Å²) >= 11 is 6.27. The van der Waals surface area contributed by atoms with Gasteiger partial charge in [0.25, 0.3) is 0 Å². The van der Waals surface area contributed by atoms with Gasteiger partial charge >= 0.3 is 0 Å². The highest BCUT2D eigenvalue weighted by molar-refractivity contribution is 6.33. The van der Waals surface area contributed by atoms with E-state index < -0.39 is 0 Å². The van der Waals surface area contributed by atoms with Crippen LogP contribution in [-0.4, -0.2) is 28.4 Å². The van der Waals surface area contributed by atoms with Crippen molar-refractivity contribution in [2.45, 2.75) is 6.54 Å². The van der Waals surface area contributed by atoms with Gasteiger partial charge in [-0.15, -0.1) is 0 Å². The lowest BCUT2D eigenvalue weighted by Crippen LogP contribution is -2.06. The summed E-state index contributed by atoms with van der Waals surface area (Å²) in [5.74, 6) is 0.897. The Kier molecular flexibility index (Phi) is 3.82. The molecule has 0 amide bonds. The number of nitrogens with zero attached hydrogens (tertiary/aromatic N) is 2. The number of hydrogen-bond donors (Lipinski definition) is 1. The molecule has 0 radical (unpaired) electrons. The number of fused-ring (bicyclic) bond motifs is 1. The number of benzene rings is 2. The second kappa shape index (κ2) is 5.76. The molecule has 0 atom stereocenters. The molecule has 0 aliphatic carbocycles. The van der Waals surface area contributed by atoms with Gasteiger partial charge in [0.2, 0.25) is 0 Å². The molecule has 5 heteroatoms. The van der Waals surface area contributed by atoms with Crippen molar-refractivity contribution in [3.8, 4) is 17.1 Å². The number of hydrogen-bond acceptors (Lipinski definition) is 3. The first-order chi connectivity index (χ1) is 10.2. The third kappa shape index (κ3) is 2.60. The van der Waals surface area contributed by atoms with E-state index in [2.05, 4.69) is 9.55 Å². The van der Waals surface area contributed by atoms with Crippen molar-refractivity contribution in [2.24, 2.45) is 0 Å². The lowest BCUT2D eigenvalue weighted by molar-refractivity contribution is 0.188. The van der Waals surface area contributed by atoms with Crippen LogP contribution >= 0.6 is 11.6 Å². The number of phenolic OH excluding ortho intramolecular Hbond substituents is 1. The van der Waals surface area contributed by atoms with Crippen LogP contribution in [0.5, 0.6) is 5.75 Å². The highest BCUT2D eigenvalue weighted by Crippen LogP contribution is 2.32. The van der Waals surface area contributed by atoms with Crippen molar-refractivity contribution in [2.75, 3.05) is 13.7 Å². The molecule has 1 aromatic heterocycles. The SMILES string of the molecule is COCCn1c(-c2cc(O)ccc2Cl)nc2ccccc21. The van der Waals surface area contributed by atoms with Gasteiger partial charge < -0.3 is 14.4 Å². The molecule has 0 aliphatic heterocycles. The van der Waals surface area contributed by atoms with E-state index in [4.69, 9.17) is 16.3 Å². The van der Waals surface area contributed by atoms with Gasteiger partial charge in [-0.1, -0.05) is 23.7 Å². The minimum atomic E-state index is 0.166. The fourth-order valence-electron chi connectivity index (χ4n) is 2.37. The average Bonchev–Trinajstić information content (AvgIpc) is 2.86. The smallest absolute Gasteiger partial charge is 0.142 e. The largest absolute Gasteiger partial charge is 0.508 e. The molecule has 1 N–H and O–H groups in total. The van der Waals surface area contributed by atoms with Gasteiger partial charge in [-0.3, -0.25) is 0 Å². The summed E-state index contributed by atoms with van der Waals surface area (Å²) < 4.78 is 7.23. The van der Waals surface area contributed by atoms with Gasteiger partial charge in [0.1, 0.15) is 11.6 Å². The van der Waals surface area contributed by atoms with Crippen LogP contribution in [0, 0.1) is 0 Å². The molecule has 3 rings (SSSR count). The van der Waals surface area contributed by atoms with Crippen LogP contribution in [0.3, 0.4) is 0 Å². The quantitative estimate of drug-likeness (QED) is 0.799. The number of para-hydroxylation sites is 2. The zero-order valence-corrected chi connectivity index (χ0v) is 12.3. The van der Waals surface area contributed by atoms with E-state index in [1.807, 2.05) is 24.3 Å². The molecule has 0 bridgehead atoms. The van der Waals surface area contributed by atoms with Crippen molar-refractivity contribution < 1.29 is 9.84 Å². The lowest BCUT2D eigenvalue weighted by atomic mass is 10.2. The predicted molar refractivity (Wildman–Crippen MR) is 83.7 cm³/mol. The molecular weight excluding hydrogens is 288 g/mol. The molecular formula is C16H15ClN2O2. The van der Waals surface area contributed by atoms with Crippen LogP contribution in [0.2, 0.25) is 5.02 Å². The van der Waals surface area contributed by atoms with E-state index in [1.165, 1.54) is 0 Å². The Bertz CT molecular complexity index is 783. The number of methoxy groups -OCH3 is 1. The van der Waals surface area contributed by atoms with Gasteiger partial charge in [0.05, 0.1) is 22.7 Å². The van der Waals surface area contributed by atoms with Gasteiger partial charge in [-0.25, -0.2) is 4.98 Å². The Morgan fingerprint density at radius 2 is 2.05 bits per heavy atom. The molecule has 108 valence electrons. The molecule has 0 spiro atoms. The topological polar surface area (TPSA) is 47.3 Å². The number of ether oxygens (including phenoxy) is 1. The minimum Gasteiger partial charge on any atom is -0.508 e. The highest BCUT2D eigenvalue weighted by Gasteiger charge is 2.15. The van der Waals surface area contributed by atoms with Gasteiger partial charge in [-0.2, -0.15) is 0 Å². The van der Waals surface area contributed by atoms with E-state index in [9.17, 15) is 5.11 Å². The average molecular weight is 303 g/mol. The third-order valence-electron chi connectivity index (χ3n) is 3.36. The van der Waals surface area contributed by atoms with Crippen molar-refractivity contribution in [3.05, 3.63) is 47.5 Å². The molecule has 3 aromatic rings. The fourth-order valence-corrected chi connectivity index (χ4v) is 2.58. The standard InChI is InChI=1S/C16H15ClN2O2/c1-21-9-8-19-15-5-3-2-4-14(15)18-16(19)12-10-11(20)6-7-13(12)17/h2-7,10,20H,8-9H2,1H3. The maximum Gasteiger partial charge on any atom is 0.142 e. The van der Waals surface area contributed by atoms with E-state index in [1.54, 1.807) is 25.3 Å². The second-order valence-corrected chi connectivity index (χ2v) is 5.14. The third-order valence-corrected chi connectivity index (χ3v) is 3.69. The molecule has 21 heavy (non-hydrogen) atoms. The van der Waals surface area contributed by atoms with Crippen molar-refractivity contribution in [1.82, 2.24) is 9.55 Å². The van der Waals surface area contributed by atoms with Crippen LogP contribution in [-0.2, 0) is 11.3 Å². The summed E-state index contributed by atoms with van der Waals surface area (Å²) in [6.45, 7) is 1.24. The molecule has 1 heterocycles. The summed E-state index contributed by atoms with van der Waals surface area (Å²) in [4.78, 5) is 4.65. The van der Waals surface area contributed by atoms with Crippen molar-refractivity contribution in [1.29, 1.82) is 0 Å². The maximum atomic E-state index is 9.72. The number of phenols is 1. The van der Waals surface area contributed by atoms with E-state index in [0.29, 0.717) is 23.7 Å². The van der Waals surface area contributed by atoms with Crippen LogP contribution in [0.4, 0.5) is 0 Å². The number of imidazole rings is 1. The first-order valence-corrected chi connectivity index (χ1v) is 7.01. The molecule has 0 fully saturated rings. The first-order valence-electron chi connectivity index (χ1n) is 6.64. The first kappa shape index (κ1) is 13.9. The van der Waals surface area contributed by atoms with Crippen LogP contribution in [0.15, 0.2) is 42.5 Å². The van der Waals surface area contributed by atoms with Gasteiger partial charge in [0.15, 0.2) is 0 Å². The Morgan fingerprint density at radius 1 is 1.24 bits per heavy atom. The zero-order valence-electron chi connectivity index (χ0n) is 11.6. The molecule has 0 saturated heterocycles. The molecule has 0 saturated carbocycles.